The summed E-state index contributed by atoms with van der Waals surface area (Å²) in [7, 11) is 3.41. The Hall–Kier alpha value is -1.86. The molecule has 1 aliphatic heterocycles. The lowest BCUT2D eigenvalue weighted by molar-refractivity contribution is -0.130. The van der Waals surface area contributed by atoms with E-state index < -0.39 is 6.10 Å². The maximum absolute atomic E-state index is 12.1. The summed E-state index contributed by atoms with van der Waals surface area (Å²) in [6.07, 6.45) is 1.38. The highest BCUT2D eigenvalue weighted by Crippen LogP contribution is 2.14. The zero-order chi connectivity index (χ0) is 16.3. The summed E-state index contributed by atoms with van der Waals surface area (Å²) in [5, 5.41) is 13.0. The molecule has 2 amide bonds. The van der Waals surface area contributed by atoms with Crippen LogP contribution in [-0.2, 0) is 4.79 Å². The molecular formula is C15H23N3O4. The van der Waals surface area contributed by atoms with E-state index in [0.29, 0.717) is 30.8 Å². The number of carbonyl (C=O) groups is 2. The Balaban J connectivity index is 1.87. The number of aryl methyl sites for hydroxylation is 1. The van der Waals surface area contributed by atoms with E-state index in [9.17, 15) is 14.7 Å². The van der Waals surface area contributed by atoms with Gasteiger partial charge in [0.2, 0.25) is 5.91 Å². The molecule has 1 fully saturated rings. The first-order chi connectivity index (χ1) is 10.4. The van der Waals surface area contributed by atoms with Gasteiger partial charge < -0.3 is 19.7 Å². The van der Waals surface area contributed by atoms with Crippen LogP contribution >= 0.6 is 0 Å². The van der Waals surface area contributed by atoms with Crippen molar-refractivity contribution in [2.24, 2.45) is 0 Å². The standard InChI is InChI=1S/C15H23N3O4/c1-10-11(5-7-22-10)15(21)16-12-4-6-18(8-13(12)19)9-14(20)17(2)3/h5,7,12-13,19H,4,6,8-9H2,1-3H3,(H,16,21)/t12-,13-/m1/s1. The van der Waals surface area contributed by atoms with Crippen LogP contribution in [0, 0.1) is 6.92 Å². The minimum Gasteiger partial charge on any atom is -0.469 e. The molecule has 7 nitrogen and oxygen atoms in total. The second kappa shape index (κ2) is 6.93. The number of hydrogen-bond acceptors (Lipinski definition) is 5. The number of likely N-dealkylation sites (N-methyl/N-ethyl adjacent to an activating group) is 1. The van der Waals surface area contributed by atoms with Crippen molar-refractivity contribution in [1.29, 1.82) is 0 Å². The molecule has 2 heterocycles. The minimum atomic E-state index is -0.695. The summed E-state index contributed by atoms with van der Waals surface area (Å²) in [4.78, 5) is 27.3. The van der Waals surface area contributed by atoms with Gasteiger partial charge in [0.1, 0.15) is 5.76 Å². The van der Waals surface area contributed by atoms with Gasteiger partial charge in [-0.1, -0.05) is 0 Å². The molecule has 1 aliphatic rings. The van der Waals surface area contributed by atoms with Crippen molar-refractivity contribution in [3.05, 3.63) is 23.7 Å². The molecule has 0 saturated carbocycles. The van der Waals surface area contributed by atoms with E-state index in [0.717, 1.165) is 0 Å². The number of nitrogens with one attached hydrogen (secondary N) is 1. The van der Waals surface area contributed by atoms with E-state index in [2.05, 4.69) is 5.32 Å². The van der Waals surface area contributed by atoms with Crippen LogP contribution < -0.4 is 5.32 Å². The van der Waals surface area contributed by atoms with Crippen LogP contribution in [0.4, 0.5) is 0 Å². The number of hydrogen-bond donors (Lipinski definition) is 2. The highest BCUT2D eigenvalue weighted by molar-refractivity contribution is 5.95. The van der Waals surface area contributed by atoms with Crippen LogP contribution in [0.25, 0.3) is 0 Å². The van der Waals surface area contributed by atoms with Gasteiger partial charge >= 0.3 is 0 Å². The lowest BCUT2D eigenvalue weighted by atomic mass is 10.0. The molecule has 0 spiro atoms. The molecule has 1 aromatic rings. The van der Waals surface area contributed by atoms with Gasteiger partial charge in [0.25, 0.3) is 5.91 Å². The summed E-state index contributed by atoms with van der Waals surface area (Å²) in [6, 6.07) is 1.30. The number of furan rings is 1. The zero-order valence-electron chi connectivity index (χ0n) is 13.2. The third-order valence-electron chi connectivity index (χ3n) is 3.94. The van der Waals surface area contributed by atoms with Gasteiger partial charge in [-0.2, -0.15) is 0 Å². The summed E-state index contributed by atoms with van der Waals surface area (Å²) in [6.45, 7) is 3.03. The van der Waals surface area contributed by atoms with Crippen molar-refractivity contribution in [3.8, 4) is 0 Å². The smallest absolute Gasteiger partial charge is 0.255 e. The van der Waals surface area contributed by atoms with Gasteiger partial charge in [-0.15, -0.1) is 0 Å². The lowest BCUT2D eigenvalue weighted by Crippen LogP contribution is -2.55. The Kier molecular flexibility index (Phi) is 5.20. The molecule has 22 heavy (non-hydrogen) atoms. The van der Waals surface area contributed by atoms with Crippen LogP contribution in [0.5, 0.6) is 0 Å². The first-order valence-electron chi connectivity index (χ1n) is 7.34. The van der Waals surface area contributed by atoms with Crippen molar-refractivity contribution in [2.75, 3.05) is 33.7 Å². The second-order valence-electron chi connectivity index (χ2n) is 5.85. The Bertz CT molecular complexity index is 541. The highest BCUT2D eigenvalue weighted by Gasteiger charge is 2.30. The number of nitrogens with zero attached hydrogens (tertiary/aromatic N) is 2. The maximum Gasteiger partial charge on any atom is 0.255 e. The molecule has 7 heteroatoms. The van der Waals surface area contributed by atoms with Crippen molar-refractivity contribution < 1.29 is 19.1 Å². The minimum absolute atomic E-state index is 0.00343. The van der Waals surface area contributed by atoms with Crippen LogP contribution in [0.1, 0.15) is 22.5 Å². The fourth-order valence-electron chi connectivity index (χ4n) is 2.51. The molecule has 1 aromatic heterocycles. The zero-order valence-corrected chi connectivity index (χ0v) is 13.2. The number of carbonyl (C=O) groups excluding carboxylic acids is 2. The topological polar surface area (TPSA) is 86.0 Å². The van der Waals surface area contributed by atoms with Crippen molar-refractivity contribution in [3.63, 3.8) is 0 Å². The summed E-state index contributed by atoms with van der Waals surface area (Å²) >= 11 is 0. The molecule has 2 rings (SSSR count). The van der Waals surface area contributed by atoms with Crippen LogP contribution in [0.3, 0.4) is 0 Å². The summed E-state index contributed by atoms with van der Waals surface area (Å²) in [5.74, 6) is 0.317. The Morgan fingerprint density at radius 3 is 2.77 bits per heavy atom. The molecule has 0 aliphatic carbocycles. The number of rotatable bonds is 4. The lowest BCUT2D eigenvalue weighted by Gasteiger charge is -2.36. The largest absolute Gasteiger partial charge is 0.469 e. The Morgan fingerprint density at radius 2 is 2.23 bits per heavy atom. The number of likely N-dealkylation sites (tertiary alicyclic amines) is 1. The monoisotopic (exact) mass is 309 g/mol. The molecule has 0 aromatic carbocycles. The molecule has 0 bridgehead atoms. The van der Waals surface area contributed by atoms with E-state index in [-0.39, 0.29) is 24.4 Å². The molecule has 0 unspecified atom stereocenters. The van der Waals surface area contributed by atoms with Crippen molar-refractivity contribution in [2.45, 2.75) is 25.5 Å². The molecule has 2 atom stereocenters. The summed E-state index contributed by atoms with van der Waals surface area (Å²) < 4.78 is 5.11. The molecular weight excluding hydrogens is 286 g/mol. The van der Waals surface area contributed by atoms with Gasteiger partial charge in [0.15, 0.2) is 0 Å². The predicted molar refractivity (Wildman–Crippen MR) is 80.5 cm³/mol. The fourth-order valence-corrected chi connectivity index (χ4v) is 2.51. The van der Waals surface area contributed by atoms with E-state index in [1.165, 1.54) is 11.2 Å². The Morgan fingerprint density at radius 1 is 1.50 bits per heavy atom. The van der Waals surface area contributed by atoms with E-state index in [1.807, 2.05) is 4.90 Å². The second-order valence-corrected chi connectivity index (χ2v) is 5.85. The van der Waals surface area contributed by atoms with Crippen LogP contribution in [0.2, 0.25) is 0 Å². The molecule has 0 radical (unpaired) electrons. The van der Waals surface area contributed by atoms with E-state index in [1.54, 1.807) is 27.1 Å². The average molecular weight is 309 g/mol. The van der Waals surface area contributed by atoms with Crippen molar-refractivity contribution >= 4 is 11.8 Å². The van der Waals surface area contributed by atoms with E-state index >= 15 is 0 Å². The fraction of sp³-hybridized carbons (Fsp3) is 0.600. The maximum atomic E-state index is 12.1. The highest BCUT2D eigenvalue weighted by atomic mass is 16.3. The Labute approximate surface area is 129 Å². The molecule has 122 valence electrons. The number of amides is 2. The number of β-amino-alcohol motifs (C(OH)–C–C–N with tert-alkyl or cyclic N) is 1. The van der Waals surface area contributed by atoms with Gasteiger partial charge in [0.05, 0.1) is 30.5 Å². The SMILES string of the molecule is Cc1occc1C(=O)N[C@@H]1CCN(CC(=O)N(C)C)C[C@H]1O. The number of aliphatic hydroxyl groups excluding tert-OH is 1. The third kappa shape index (κ3) is 3.86. The quantitative estimate of drug-likeness (QED) is 0.807. The van der Waals surface area contributed by atoms with Crippen LogP contribution in [0.15, 0.2) is 16.7 Å². The van der Waals surface area contributed by atoms with Gasteiger partial charge in [-0.25, -0.2) is 0 Å². The predicted octanol–water partition coefficient (Wildman–Crippen LogP) is -0.159. The summed E-state index contributed by atoms with van der Waals surface area (Å²) in [5.41, 5.74) is 0.484. The molecule has 1 saturated heterocycles. The van der Waals surface area contributed by atoms with Gasteiger partial charge in [-0.3, -0.25) is 14.5 Å². The molecule has 2 N–H and O–H groups in total. The normalized spacial score (nSPS) is 22.4. The van der Waals surface area contributed by atoms with Gasteiger partial charge in [0, 0.05) is 27.2 Å². The first kappa shape index (κ1) is 16.5. The number of aliphatic hydroxyl groups is 1. The average Bonchev–Trinajstić information content (AvgIpc) is 2.88. The van der Waals surface area contributed by atoms with E-state index in [4.69, 9.17) is 4.42 Å². The third-order valence-corrected chi connectivity index (χ3v) is 3.94. The first-order valence-corrected chi connectivity index (χ1v) is 7.34. The van der Waals surface area contributed by atoms with Crippen molar-refractivity contribution in [1.82, 2.24) is 15.1 Å². The van der Waals surface area contributed by atoms with Crippen LogP contribution in [-0.4, -0.2) is 72.6 Å². The van der Waals surface area contributed by atoms with Gasteiger partial charge in [-0.05, 0) is 19.4 Å². The number of piperidine rings is 1.